The molecule has 1 heterocycles. The van der Waals surface area contributed by atoms with Gasteiger partial charge in [-0.15, -0.1) is 0 Å². The van der Waals surface area contributed by atoms with Gasteiger partial charge in [-0.25, -0.2) is 5.09 Å². The van der Waals surface area contributed by atoms with Crippen LogP contribution in [0.1, 0.15) is 56.1 Å². The molecule has 0 saturated heterocycles. The summed E-state index contributed by atoms with van der Waals surface area (Å²) in [4.78, 5) is 0. The zero-order chi connectivity index (χ0) is 26.5. The maximum absolute atomic E-state index is 7.14. The van der Waals surface area contributed by atoms with Gasteiger partial charge in [0.05, 0.1) is 13.2 Å². The van der Waals surface area contributed by atoms with E-state index in [1.807, 2.05) is 35.2 Å². The molecule has 2 fully saturated rings. The van der Waals surface area contributed by atoms with Crippen molar-refractivity contribution >= 4 is 22.6 Å². The molecule has 208 valence electrons. The second-order valence-corrected chi connectivity index (χ2v) is 18.9. The van der Waals surface area contributed by atoms with Gasteiger partial charge in [0, 0.05) is 0 Å². The van der Waals surface area contributed by atoms with Crippen LogP contribution in [-0.2, 0) is 10.9 Å². The van der Waals surface area contributed by atoms with Gasteiger partial charge in [-0.2, -0.15) is 13.5 Å². The van der Waals surface area contributed by atoms with Crippen LogP contribution in [0.25, 0.3) is 0 Å². The Bertz CT molecular complexity index is 1180. The molecular formula is C24H45N8O2P3. The normalized spacial score (nSPS) is 37.3. The zero-order valence-corrected chi connectivity index (χ0v) is 26.0. The van der Waals surface area contributed by atoms with Crippen LogP contribution in [0.2, 0.25) is 0 Å². The van der Waals surface area contributed by atoms with E-state index in [0.717, 1.165) is 18.6 Å². The summed E-state index contributed by atoms with van der Waals surface area (Å²) < 4.78 is 28.2. The van der Waals surface area contributed by atoms with E-state index in [0.29, 0.717) is 17.8 Å². The number of benzene rings is 1. The van der Waals surface area contributed by atoms with Gasteiger partial charge in [-0.3, -0.25) is 20.3 Å². The number of aryl methyl sites for hydroxylation is 1. The molecule has 5 N–H and O–H groups in total. The molecule has 0 radical (unpaired) electrons. The minimum Gasteiger partial charge on any atom is -0.497 e. The molecule has 1 unspecified atom stereocenters. The number of nitrogens with zero attached hydrogens (tertiary/aromatic N) is 3. The van der Waals surface area contributed by atoms with Crippen molar-refractivity contribution in [2.45, 2.75) is 57.5 Å². The third-order valence-corrected chi connectivity index (χ3v) is 19.1. The maximum atomic E-state index is 7.14. The average Bonchev–Trinajstić information content (AvgIpc) is 3.27. The van der Waals surface area contributed by atoms with Gasteiger partial charge in [-0.05, 0) is 120 Å². The summed E-state index contributed by atoms with van der Waals surface area (Å²) in [6, 6.07) is 6.74. The average molecular weight is 571 g/mol. The first-order valence-electron chi connectivity index (χ1n) is 13.5. The molecule has 1 aliphatic heterocycles. The van der Waals surface area contributed by atoms with Gasteiger partial charge in [0.25, 0.3) is 7.58 Å². The molecule has 1 aromatic carbocycles. The number of fused-ring (bicyclic) bond motifs is 5. The van der Waals surface area contributed by atoms with E-state index in [-0.39, 0.29) is 11.5 Å². The molecule has 0 amide bonds. The number of hydrogen-bond acceptors (Lipinski definition) is 10. The molecule has 4 aliphatic rings. The van der Waals surface area contributed by atoms with E-state index < -0.39 is 22.6 Å². The van der Waals surface area contributed by atoms with Crippen LogP contribution in [0.3, 0.4) is 0 Å². The first-order chi connectivity index (χ1) is 17.7. The molecule has 6 atom stereocenters. The maximum Gasteiger partial charge on any atom is 0.279 e. The molecule has 1 aromatic rings. The van der Waals surface area contributed by atoms with Crippen molar-refractivity contribution in [2.75, 3.05) is 42.3 Å². The lowest BCUT2D eigenvalue weighted by Gasteiger charge is -2.51. The molecule has 3 aliphatic carbocycles. The monoisotopic (exact) mass is 570 g/mol. The van der Waals surface area contributed by atoms with Gasteiger partial charge in [0.1, 0.15) is 5.75 Å². The summed E-state index contributed by atoms with van der Waals surface area (Å²) in [6.07, 6.45) is 7.15. The van der Waals surface area contributed by atoms with Crippen molar-refractivity contribution in [3.63, 3.8) is 0 Å². The predicted octanol–water partition coefficient (Wildman–Crippen LogP) is 5.89. The quantitative estimate of drug-likeness (QED) is 0.248. The summed E-state index contributed by atoms with van der Waals surface area (Å²) in [6.45, 7) is 2.48. The van der Waals surface area contributed by atoms with Gasteiger partial charge < -0.3 is 9.26 Å². The van der Waals surface area contributed by atoms with Crippen LogP contribution < -0.4 is 30.2 Å². The van der Waals surface area contributed by atoms with Crippen LogP contribution in [-0.4, -0.2) is 48.5 Å². The highest BCUT2D eigenvalue weighted by Gasteiger charge is 2.56. The highest BCUT2D eigenvalue weighted by Crippen LogP contribution is 2.74. The topological polar surface area (TPSA) is 116 Å². The van der Waals surface area contributed by atoms with Gasteiger partial charge in [-0.1, -0.05) is 13.0 Å². The Labute approximate surface area is 222 Å². The minimum atomic E-state index is -2.69. The number of methoxy groups -OCH3 is 1. The molecule has 5 rings (SSSR count). The van der Waals surface area contributed by atoms with Crippen molar-refractivity contribution in [1.82, 2.24) is 25.4 Å². The smallest absolute Gasteiger partial charge is 0.279 e. The summed E-state index contributed by atoms with van der Waals surface area (Å²) in [5.41, 5.74) is 3.16. The standard InChI is InChI=1S/C24H45N8O2P3/c1-24-15-14-20-19-11-9-18(33-7)16-17(19)8-10-21(20)22(24)12-13-23(24)34-37(29-6)31-35(25-2,26-3)30-36(27-4,28-5)32-37/h9,11,16,20-23,25-29H,8,10,12-15H2,1-7H3/t20-,21-,22+,23+,24+/m1/s1. The molecule has 2 saturated carbocycles. The molecular weight excluding hydrogens is 525 g/mol. The van der Waals surface area contributed by atoms with E-state index in [1.165, 1.54) is 31.2 Å². The number of rotatable bonds is 8. The van der Waals surface area contributed by atoms with Gasteiger partial charge >= 0.3 is 0 Å². The summed E-state index contributed by atoms with van der Waals surface area (Å²) >= 11 is 0. The summed E-state index contributed by atoms with van der Waals surface area (Å²) in [7, 11) is 3.87. The highest BCUT2D eigenvalue weighted by atomic mass is 31.3. The fourth-order valence-electron chi connectivity index (χ4n) is 7.35. The Morgan fingerprint density at radius 1 is 0.865 bits per heavy atom. The number of ether oxygens (including phenoxy) is 1. The van der Waals surface area contributed by atoms with Crippen molar-refractivity contribution < 1.29 is 9.26 Å². The third-order valence-electron chi connectivity index (χ3n) is 9.42. The molecule has 10 nitrogen and oxygen atoms in total. The molecule has 0 spiro atoms. The first kappa shape index (κ1) is 28.0. The van der Waals surface area contributed by atoms with E-state index in [4.69, 9.17) is 22.8 Å². The lowest BCUT2D eigenvalue weighted by atomic mass is 9.55. The fraction of sp³-hybridized carbons (Fsp3) is 0.750. The van der Waals surface area contributed by atoms with E-state index in [1.54, 1.807) is 12.7 Å². The van der Waals surface area contributed by atoms with Crippen molar-refractivity contribution in [1.29, 1.82) is 0 Å². The number of nitrogens with one attached hydrogen (secondary N) is 5. The van der Waals surface area contributed by atoms with Crippen LogP contribution in [0.15, 0.2) is 31.7 Å². The second kappa shape index (κ2) is 10.5. The van der Waals surface area contributed by atoms with Crippen LogP contribution in [0.5, 0.6) is 5.75 Å². The molecule has 37 heavy (non-hydrogen) atoms. The Kier molecular flexibility index (Phi) is 7.92. The Morgan fingerprint density at radius 2 is 1.57 bits per heavy atom. The Balaban J connectivity index is 1.47. The largest absolute Gasteiger partial charge is 0.497 e. The highest BCUT2D eigenvalue weighted by molar-refractivity contribution is 7.82. The summed E-state index contributed by atoms with van der Waals surface area (Å²) in [5, 5.41) is 17.0. The lowest BCUT2D eigenvalue weighted by molar-refractivity contribution is -0.00773. The van der Waals surface area contributed by atoms with E-state index in [2.05, 4.69) is 50.6 Å². The van der Waals surface area contributed by atoms with Crippen molar-refractivity contribution in [3.05, 3.63) is 29.3 Å². The van der Waals surface area contributed by atoms with Crippen LogP contribution in [0.4, 0.5) is 0 Å². The van der Waals surface area contributed by atoms with E-state index >= 15 is 0 Å². The van der Waals surface area contributed by atoms with Gasteiger partial charge in [0.15, 0.2) is 0 Å². The molecule has 0 bridgehead atoms. The summed E-state index contributed by atoms with van der Waals surface area (Å²) in [5.74, 6) is 2.97. The van der Waals surface area contributed by atoms with Crippen LogP contribution in [0, 0.1) is 17.3 Å². The Morgan fingerprint density at radius 3 is 2.22 bits per heavy atom. The Hall–Kier alpha value is -0.530. The number of hydrogen-bond donors (Lipinski definition) is 5. The lowest BCUT2D eigenvalue weighted by Crippen LogP contribution is -2.44. The van der Waals surface area contributed by atoms with Crippen LogP contribution >= 0.6 is 22.6 Å². The first-order valence-corrected chi connectivity index (χ1v) is 18.5. The fourth-order valence-corrected chi connectivity index (χ4v) is 18.2. The van der Waals surface area contributed by atoms with E-state index in [9.17, 15) is 0 Å². The van der Waals surface area contributed by atoms with Crippen molar-refractivity contribution in [3.8, 4) is 5.75 Å². The SMILES string of the molecule is CNP1(NC)=NP(NC)(NC)=NP(NC)(O[C@H]2CC[C@H]3[C@@H]4CCc5cc(OC)ccc5[C@H]4CC[C@]23C)=N1. The zero-order valence-electron chi connectivity index (χ0n) is 23.3. The van der Waals surface area contributed by atoms with Gasteiger partial charge in [0.2, 0.25) is 15.0 Å². The predicted molar refractivity (Wildman–Crippen MR) is 156 cm³/mol. The second-order valence-electron chi connectivity index (χ2n) is 10.8. The molecule has 13 heteroatoms. The third kappa shape index (κ3) is 4.65. The minimum absolute atomic E-state index is 0.119. The van der Waals surface area contributed by atoms with Crippen molar-refractivity contribution in [2.24, 2.45) is 30.8 Å². The molecule has 0 aromatic heterocycles.